The van der Waals surface area contributed by atoms with Crippen LogP contribution in [0.1, 0.15) is 12.5 Å². The number of nitro groups is 1. The molecule has 0 saturated carbocycles. The second kappa shape index (κ2) is 5.52. The number of phenols is 1. The lowest BCUT2D eigenvalue weighted by Gasteiger charge is -2.06. The third-order valence-electron chi connectivity index (χ3n) is 2.85. The second-order valence-electron chi connectivity index (χ2n) is 4.17. The van der Waals surface area contributed by atoms with Crippen LogP contribution in [0.25, 0.3) is 6.08 Å². The number of aromatic hydroxyl groups is 1. The zero-order valence-corrected chi connectivity index (χ0v) is 12.4. The Kier molecular flexibility index (Phi) is 3.94. The van der Waals surface area contributed by atoms with E-state index in [4.69, 9.17) is 0 Å². The molecule has 110 valence electrons. The van der Waals surface area contributed by atoms with Crippen molar-refractivity contribution < 1.29 is 19.6 Å². The number of hydrogen-bond donors (Lipinski definition) is 2. The van der Waals surface area contributed by atoms with Crippen LogP contribution < -0.4 is 5.32 Å². The molecule has 1 aromatic rings. The molecule has 9 heteroatoms. The van der Waals surface area contributed by atoms with E-state index in [2.05, 4.69) is 21.2 Å². The number of imide groups is 1. The van der Waals surface area contributed by atoms with Gasteiger partial charge in [-0.1, -0.05) is 0 Å². The third-order valence-corrected chi connectivity index (χ3v) is 3.46. The molecule has 1 heterocycles. The monoisotopic (exact) mass is 355 g/mol. The maximum Gasteiger partial charge on any atom is 0.328 e. The number of halogens is 1. The average molecular weight is 356 g/mol. The van der Waals surface area contributed by atoms with Gasteiger partial charge in [0, 0.05) is 12.6 Å². The number of carbonyl (C=O) groups excluding carboxylic acids is 2. The number of carbonyl (C=O) groups is 2. The highest BCUT2D eigenvalue weighted by Gasteiger charge is 2.32. The van der Waals surface area contributed by atoms with Crippen molar-refractivity contribution in [3.05, 3.63) is 38.0 Å². The van der Waals surface area contributed by atoms with Crippen LogP contribution in [0.5, 0.6) is 5.75 Å². The minimum absolute atomic E-state index is 0.0220. The summed E-state index contributed by atoms with van der Waals surface area (Å²) in [6.07, 6.45) is 1.31. The van der Waals surface area contributed by atoms with E-state index >= 15 is 0 Å². The van der Waals surface area contributed by atoms with Crippen molar-refractivity contribution >= 4 is 39.6 Å². The number of rotatable bonds is 3. The molecule has 0 spiro atoms. The molecular weight excluding hydrogens is 346 g/mol. The molecule has 0 bridgehead atoms. The summed E-state index contributed by atoms with van der Waals surface area (Å²) >= 11 is 3.00. The lowest BCUT2D eigenvalue weighted by Crippen LogP contribution is -2.30. The number of amides is 3. The first-order valence-corrected chi connectivity index (χ1v) is 6.66. The van der Waals surface area contributed by atoms with Gasteiger partial charge in [0.15, 0.2) is 0 Å². The molecule has 1 aromatic carbocycles. The molecule has 3 amide bonds. The number of likely N-dealkylation sites (N-methyl/N-ethyl adjacent to an activating group) is 1. The predicted molar refractivity (Wildman–Crippen MR) is 76.4 cm³/mol. The normalized spacial score (nSPS) is 16.5. The second-order valence-corrected chi connectivity index (χ2v) is 5.02. The van der Waals surface area contributed by atoms with E-state index in [-0.39, 0.29) is 16.7 Å². The zero-order chi connectivity index (χ0) is 15.7. The first-order chi connectivity index (χ1) is 9.85. The standard InChI is InChI=1S/C12H10BrN3O5/c1-2-15-11(18)8(14-12(15)19)4-6-3-7(13)10(17)9(5-6)16(20)21/h3-5,17H,2H2,1H3,(H,14,19). The molecule has 2 rings (SSSR count). The summed E-state index contributed by atoms with van der Waals surface area (Å²) in [4.78, 5) is 34.5. The summed E-state index contributed by atoms with van der Waals surface area (Å²) in [5.74, 6) is -1.01. The molecule has 0 radical (unpaired) electrons. The molecule has 0 aliphatic carbocycles. The minimum atomic E-state index is -0.741. The van der Waals surface area contributed by atoms with E-state index < -0.39 is 28.3 Å². The van der Waals surface area contributed by atoms with Crippen LogP contribution in [0.3, 0.4) is 0 Å². The molecule has 21 heavy (non-hydrogen) atoms. The molecule has 1 aliphatic heterocycles. The maximum atomic E-state index is 11.9. The van der Waals surface area contributed by atoms with Gasteiger partial charge in [0.05, 0.1) is 9.40 Å². The van der Waals surface area contributed by atoms with Gasteiger partial charge in [0.25, 0.3) is 5.91 Å². The predicted octanol–water partition coefficient (Wildman–Crippen LogP) is 1.98. The van der Waals surface area contributed by atoms with Crippen molar-refractivity contribution in [3.8, 4) is 5.75 Å². The maximum absolute atomic E-state index is 11.9. The van der Waals surface area contributed by atoms with Crippen LogP contribution in [0.2, 0.25) is 0 Å². The van der Waals surface area contributed by atoms with Crippen molar-refractivity contribution in [1.82, 2.24) is 10.2 Å². The number of benzene rings is 1. The van der Waals surface area contributed by atoms with Crippen LogP contribution in [-0.2, 0) is 4.79 Å². The number of phenolic OH excluding ortho intramolecular Hbond substituents is 1. The number of hydrogen-bond acceptors (Lipinski definition) is 5. The molecule has 0 unspecified atom stereocenters. The largest absolute Gasteiger partial charge is 0.501 e. The molecule has 0 aromatic heterocycles. The zero-order valence-electron chi connectivity index (χ0n) is 10.8. The van der Waals surface area contributed by atoms with E-state index in [9.17, 15) is 24.8 Å². The van der Waals surface area contributed by atoms with Crippen molar-refractivity contribution in [2.45, 2.75) is 6.92 Å². The Labute approximate surface area is 127 Å². The van der Waals surface area contributed by atoms with Gasteiger partial charge in [-0.25, -0.2) is 4.79 Å². The fourth-order valence-corrected chi connectivity index (χ4v) is 2.32. The van der Waals surface area contributed by atoms with Crippen LogP contribution in [0.4, 0.5) is 10.5 Å². The average Bonchev–Trinajstić information content (AvgIpc) is 2.67. The van der Waals surface area contributed by atoms with Gasteiger partial charge in [-0.15, -0.1) is 0 Å². The summed E-state index contributed by atoms with van der Waals surface area (Å²) < 4.78 is 0.118. The number of urea groups is 1. The van der Waals surface area contributed by atoms with Crippen LogP contribution in [0.15, 0.2) is 22.3 Å². The molecule has 1 saturated heterocycles. The van der Waals surface area contributed by atoms with E-state index in [1.165, 1.54) is 12.1 Å². The van der Waals surface area contributed by atoms with Gasteiger partial charge in [-0.05, 0) is 40.6 Å². The molecule has 2 N–H and O–H groups in total. The minimum Gasteiger partial charge on any atom is -0.501 e. The fourth-order valence-electron chi connectivity index (χ4n) is 1.85. The van der Waals surface area contributed by atoms with Gasteiger partial charge >= 0.3 is 11.7 Å². The summed E-state index contributed by atoms with van der Waals surface area (Å²) in [5.41, 5.74) is -0.179. The Balaban J connectivity index is 2.45. The number of nitrogens with zero attached hydrogens (tertiary/aromatic N) is 2. The summed E-state index contributed by atoms with van der Waals surface area (Å²) in [6, 6.07) is 1.98. The van der Waals surface area contributed by atoms with Crippen LogP contribution in [0, 0.1) is 10.1 Å². The quantitative estimate of drug-likeness (QED) is 0.372. The van der Waals surface area contributed by atoms with Crippen LogP contribution in [-0.4, -0.2) is 33.4 Å². The first kappa shape index (κ1) is 15.0. The Bertz CT molecular complexity index is 686. The highest BCUT2D eigenvalue weighted by molar-refractivity contribution is 9.10. The lowest BCUT2D eigenvalue weighted by molar-refractivity contribution is -0.386. The summed E-state index contributed by atoms with van der Waals surface area (Å²) in [5, 5.41) is 22.8. The topological polar surface area (TPSA) is 113 Å². The molecule has 0 atom stereocenters. The number of nitrogens with one attached hydrogen (secondary N) is 1. The van der Waals surface area contributed by atoms with E-state index in [0.717, 1.165) is 11.0 Å². The van der Waals surface area contributed by atoms with Crippen molar-refractivity contribution in [3.63, 3.8) is 0 Å². The van der Waals surface area contributed by atoms with E-state index in [1.54, 1.807) is 6.92 Å². The van der Waals surface area contributed by atoms with Crippen molar-refractivity contribution in [2.24, 2.45) is 0 Å². The molecule has 1 fully saturated rings. The SMILES string of the molecule is CCN1C(=O)NC(=Cc2cc(Br)c(O)c([N+](=O)[O-])c2)C1=O. The highest BCUT2D eigenvalue weighted by atomic mass is 79.9. The van der Waals surface area contributed by atoms with Crippen LogP contribution >= 0.6 is 15.9 Å². The highest BCUT2D eigenvalue weighted by Crippen LogP contribution is 2.35. The van der Waals surface area contributed by atoms with Gasteiger partial charge in [-0.2, -0.15) is 0 Å². The molecule has 8 nitrogen and oxygen atoms in total. The van der Waals surface area contributed by atoms with Crippen molar-refractivity contribution in [2.75, 3.05) is 6.54 Å². The van der Waals surface area contributed by atoms with Gasteiger partial charge < -0.3 is 10.4 Å². The Morgan fingerprint density at radius 1 is 1.48 bits per heavy atom. The summed E-state index contributed by atoms with van der Waals surface area (Å²) in [7, 11) is 0. The van der Waals surface area contributed by atoms with Gasteiger partial charge in [-0.3, -0.25) is 19.8 Å². The van der Waals surface area contributed by atoms with E-state index in [1.807, 2.05) is 0 Å². The first-order valence-electron chi connectivity index (χ1n) is 5.86. The van der Waals surface area contributed by atoms with Gasteiger partial charge in [0.2, 0.25) is 5.75 Å². The smallest absolute Gasteiger partial charge is 0.328 e. The van der Waals surface area contributed by atoms with Crippen molar-refractivity contribution in [1.29, 1.82) is 0 Å². The third kappa shape index (κ3) is 2.72. The Hall–Kier alpha value is -2.42. The molecular formula is C12H10BrN3O5. The Morgan fingerprint density at radius 3 is 2.67 bits per heavy atom. The lowest BCUT2D eigenvalue weighted by atomic mass is 10.1. The number of nitro benzene ring substituents is 1. The fraction of sp³-hybridized carbons (Fsp3) is 0.167. The Morgan fingerprint density at radius 2 is 2.14 bits per heavy atom. The molecule has 1 aliphatic rings. The van der Waals surface area contributed by atoms with E-state index in [0.29, 0.717) is 5.56 Å². The summed E-state index contributed by atoms with van der Waals surface area (Å²) in [6.45, 7) is 1.88. The van der Waals surface area contributed by atoms with Gasteiger partial charge in [0.1, 0.15) is 5.70 Å².